The molecule has 0 fully saturated rings. The van der Waals surface area contributed by atoms with Gasteiger partial charge in [-0.1, -0.05) is 82.0 Å². The van der Waals surface area contributed by atoms with E-state index in [1.807, 2.05) is 78.9 Å². The van der Waals surface area contributed by atoms with Crippen LogP contribution in [0, 0.1) is 12.1 Å². The van der Waals surface area contributed by atoms with Crippen molar-refractivity contribution in [3.63, 3.8) is 0 Å². The minimum Gasteiger partial charge on any atom is -0.214 e. The molecule has 2 heteroatoms. The number of fused-ring (bicyclic) bond motifs is 3. The van der Waals surface area contributed by atoms with Crippen molar-refractivity contribution in [2.75, 3.05) is 0 Å². The third-order valence-electron chi connectivity index (χ3n) is 6.27. The van der Waals surface area contributed by atoms with E-state index in [2.05, 4.69) is 100 Å². The fraction of sp³-hybridized carbons (Fsp3) is 0.205. The van der Waals surface area contributed by atoms with E-state index in [0.29, 0.717) is 0 Å². The van der Waals surface area contributed by atoms with Crippen LogP contribution >= 0.6 is 11.6 Å². The van der Waals surface area contributed by atoms with Gasteiger partial charge in [0.2, 0.25) is 0 Å². The molecule has 41 heavy (non-hydrogen) atoms. The van der Waals surface area contributed by atoms with Crippen molar-refractivity contribution < 1.29 is 24.2 Å². The predicted molar refractivity (Wildman–Crippen MR) is 179 cm³/mol. The molecule has 0 spiro atoms. The SMILES string of the molecule is CC(C)(C)c1ccc2c(c1)[cH-]c1cc(C(C)(C)C)ccc12.Clc1c[c-]ccc1.[CH2]=[Zr].[c-]1ccccc1.c1cc[cH-]c1. The summed E-state index contributed by atoms with van der Waals surface area (Å²) >= 11 is 6.81. The summed E-state index contributed by atoms with van der Waals surface area (Å²) in [6.07, 6.45) is 0. The minimum absolute atomic E-state index is 0.203. The van der Waals surface area contributed by atoms with Crippen LogP contribution in [-0.2, 0) is 35.1 Å². The Hall–Kier alpha value is -2.86. The monoisotopic (exact) mass is 634 g/mol. The van der Waals surface area contributed by atoms with Gasteiger partial charge >= 0.3 is 28.4 Å². The number of benzene rings is 4. The molecule has 0 N–H and O–H groups in total. The third-order valence-corrected chi connectivity index (χ3v) is 6.50. The van der Waals surface area contributed by atoms with Crippen molar-refractivity contribution in [2.24, 2.45) is 0 Å². The Balaban J connectivity index is 0.000000237. The zero-order chi connectivity index (χ0) is 30.3. The van der Waals surface area contributed by atoms with Crippen LogP contribution < -0.4 is 0 Å². The molecule has 0 nitrogen and oxygen atoms in total. The second-order valence-electron chi connectivity index (χ2n) is 11.5. The molecule has 212 valence electrons. The molecule has 0 aliphatic rings. The Morgan fingerprint density at radius 2 is 1.12 bits per heavy atom. The Morgan fingerprint density at radius 1 is 0.634 bits per heavy atom. The molecule has 0 saturated heterocycles. The van der Waals surface area contributed by atoms with Crippen LogP contribution in [-0.4, -0.2) is 4.21 Å². The summed E-state index contributed by atoms with van der Waals surface area (Å²) < 4.78 is 3.34. The maximum absolute atomic E-state index is 5.51. The van der Waals surface area contributed by atoms with E-state index < -0.39 is 0 Å². The van der Waals surface area contributed by atoms with Gasteiger partial charge in [-0.05, 0) is 10.8 Å². The molecule has 6 aromatic rings. The summed E-state index contributed by atoms with van der Waals surface area (Å²) in [7, 11) is 0. The van der Waals surface area contributed by atoms with Gasteiger partial charge < -0.3 is 0 Å². The van der Waals surface area contributed by atoms with Crippen LogP contribution in [0.3, 0.4) is 0 Å². The van der Waals surface area contributed by atoms with E-state index in [1.54, 1.807) is 6.07 Å². The van der Waals surface area contributed by atoms with Crippen molar-refractivity contribution in [1.29, 1.82) is 0 Å². The largest absolute Gasteiger partial charge is 0.214 e. The Kier molecular flexibility index (Phi) is 14.4. The van der Waals surface area contributed by atoms with E-state index in [4.69, 9.17) is 11.6 Å². The zero-order valence-electron chi connectivity index (χ0n) is 25.2. The maximum atomic E-state index is 5.51. The van der Waals surface area contributed by atoms with Gasteiger partial charge in [-0.15, -0.1) is 39.7 Å². The van der Waals surface area contributed by atoms with Crippen molar-refractivity contribution in [1.82, 2.24) is 0 Å². The molecular weight excluding hydrogens is 595 g/mol. The summed E-state index contributed by atoms with van der Waals surface area (Å²) in [5.41, 5.74) is 3.21. The number of rotatable bonds is 0. The fourth-order valence-electron chi connectivity index (χ4n) is 3.99. The second-order valence-corrected chi connectivity index (χ2v) is 11.9. The second kappa shape index (κ2) is 17.2. The Bertz CT molecular complexity index is 1400. The van der Waals surface area contributed by atoms with Crippen LogP contribution in [0.4, 0.5) is 0 Å². The normalized spacial score (nSPS) is 10.5. The van der Waals surface area contributed by atoms with Gasteiger partial charge in [-0.3, -0.25) is 0 Å². The first-order valence-corrected chi connectivity index (χ1v) is 15.9. The smallest absolute Gasteiger partial charge is 0.171 e. The molecule has 0 aromatic heterocycles. The van der Waals surface area contributed by atoms with Gasteiger partial charge in [0.05, 0.1) is 0 Å². The van der Waals surface area contributed by atoms with Gasteiger partial charge in [0.1, 0.15) is 0 Å². The summed E-state index contributed by atoms with van der Waals surface area (Å²) in [5.74, 6) is 0. The molecule has 0 atom stereocenters. The molecule has 0 aliphatic carbocycles. The minimum atomic E-state index is 0.203. The van der Waals surface area contributed by atoms with Crippen LogP contribution in [0.15, 0.2) is 127 Å². The summed E-state index contributed by atoms with van der Waals surface area (Å²) in [4.78, 5) is 0. The summed E-state index contributed by atoms with van der Waals surface area (Å²) in [6.45, 7) is 13.6. The molecule has 0 amide bonds. The molecular formula is C39H41ClZr-4. The standard InChI is InChI=1S/C21H25.C6H4Cl.C6H5.C5H5.CH2.Zr/c1-20(2,3)16-7-9-18-14(12-16)11-15-13-17(21(4,5)6)8-10-19(15)18;7-6-4-2-1-3-5-6;1-2-4-6-5-3-1;1-2-4-5-3-1;;/h7-13H,1-6H3;1-2,4-5H;1-5H;1-5H;1H2;/q4*-1;;. The number of hydrogen-bond acceptors (Lipinski definition) is 0. The number of halogens is 1. The van der Waals surface area contributed by atoms with Crippen molar-refractivity contribution in [3.8, 4) is 0 Å². The molecule has 0 saturated carbocycles. The first kappa shape index (κ1) is 34.3. The van der Waals surface area contributed by atoms with Crippen LogP contribution in [0.1, 0.15) is 52.7 Å². The Morgan fingerprint density at radius 3 is 1.39 bits per heavy atom. The summed E-state index contributed by atoms with van der Waals surface area (Å²) in [5, 5.41) is 6.21. The molecule has 0 aliphatic heterocycles. The van der Waals surface area contributed by atoms with Crippen molar-refractivity contribution in [2.45, 2.75) is 52.4 Å². The zero-order valence-corrected chi connectivity index (χ0v) is 28.4. The van der Waals surface area contributed by atoms with Crippen LogP contribution in [0.25, 0.3) is 21.5 Å². The van der Waals surface area contributed by atoms with Crippen molar-refractivity contribution in [3.05, 3.63) is 156 Å². The number of hydrogen-bond donors (Lipinski definition) is 0. The van der Waals surface area contributed by atoms with E-state index in [1.165, 1.54) is 56.9 Å². The van der Waals surface area contributed by atoms with E-state index in [0.717, 1.165) is 5.02 Å². The van der Waals surface area contributed by atoms with Gasteiger partial charge in [0.25, 0.3) is 0 Å². The van der Waals surface area contributed by atoms with E-state index in [9.17, 15) is 0 Å². The van der Waals surface area contributed by atoms with Gasteiger partial charge in [-0.25, -0.2) is 12.1 Å². The molecule has 6 rings (SSSR count). The molecule has 0 heterocycles. The molecule has 6 aromatic carbocycles. The van der Waals surface area contributed by atoms with Crippen LogP contribution in [0.2, 0.25) is 5.02 Å². The molecule has 0 bridgehead atoms. The fourth-order valence-corrected chi connectivity index (χ4v) is 4.13. The van der Waals surface area contributed by atoms with Crippen molar-refractivity contribution >= 4 is 37.4 Å². The Labute approximate surface area is 268 Å². The van der Waals surface area contributed by atoms with Crippen LogP contribution in [0.5, 0.6) is 0 Å². The van der Waals surface area contributed by atoms with Gasteiger partial charge in [0, 0.05) is 0 Å². The maximum Gasteiger partial charge on any atom is -0.171 e. The topological polar surface area (TPSA) is 0 Å². The van der Waals surface area contributed by atoms with E-state index in [-0.39, 0.29) is 10.8 Å². The van der Waals surface area contributed by atoms with E-state index >= 15 is 0 Å². The molecule has 0 unspecified atom stereocenters. The first-order chi connectivity index (χ1) is 19.6. The summed E-state index contributed by atoms with van der Waals surface area (Å²) in [6, 6.07) is 48.7. The predicted octanol–water partition coefficient (Wildman–Crippen LogP) is 11.3. The first-order valence-electron chi connectivity index (χ1n) is 13.7. The third kappa shape index (κ3) is 11.9. The van der Waals surface area contributed by atoms with Gasteiger partial charge in [-0.2, -0.15) is 96.5 Å². The van der Waals surface area contributed by atoms with Gasteiger partial charge in [0.15, 0.2) is 0 Å². The quantitative estimate of drug-likeness (QED) is 0.146. The molecule has 0 radical (unpaired) electrons. The average molecular weight is 636 g/mol. The average Bonchev–Trinajstić information content (AvgIpc) is 3.67.